The number of carbonyl (C=O) groups excluding carboxylic acids is 2. The highest BCUT2D eigenvalue weighted by Gasteiger charge is 2.17. The Balaban J connectivity index is 1.52. The summed E-state index contributed by atoms with van der Waals surface area (Å²) in [5.74, 6) is -0.0260. The zero-order valence-corrected chi connectivity index (χ0v) is 14.1. The highest BCUT2D eigenvalue weighted by atomic mass is 35.5. The highest BCUT2D eigenvalue weighted by Crippen LogP contribution is 2.30. The lowest BCUT2D eigenvalue weighted by Crippen LogP contribution is -2.25. The zero-order chi connectivity index (χ0) is 18.1. The first kappa shape index (κ1) is 16.2. The average Bonchev–Trinajstić information content (AvgIpc) is 3.12. The molecule has 0 spiro atoms. The Labute approximate surface area is 153 Å². The predicted molar refractivity (Wildman–Crippen MR) is 97.6 cm³/mol. The summed E-state index contributed by atoms with van der Waals surface area (Å²) in [6.07, 6.45) is 0. The molecule has 1 aliphatic rings. The second kappa shape index (κ2) is 6.53. The molecular weight excluding hydrogens is 356 g/mol. The molecule has 3 aromatic rings. The number of aromatic amines is 1. The van der Waals surface area contributed by atoms with Crippen LogP contribution in [0.15, 0.2) is 48.5 Å². The quantitative estimate of drug-likeness (QED) is 0.660. The summed E-state index contributed by atoms with van der Waals surface area (Å²) in [5.41, 5.74) is 2.77. The van der Waals surface area contributed by atoms with Crippen LogP contribution in [0.5, 0.6) is 5.75 Å². The van der Waals surface area contributed by atoms with Gasteiger partial charge in [-0.05, 0) is 36.4 Å². The van der Waals surface area contributed by atoms with Gasteiger partial charge in [0.1, 0.15) is 11.4 Å². The summed E-state index contributed by atoms with van der Waals surface area (Å²) < 4.78 is 5.29. The van der Waals surface area contributed by atoms with Crippen LogP contribution in [0.2, 0.25) is 5.02 Å². The Morgan fingerprint density at radius 1 is 1.19 bits per heavy atom. The number of nitrogens with zero attached hydrogens (tertiary/aromatic N) is 1. The van der Waals surface area contributed by atoms with E-state index < -0.39 is 0 Å². The molecule has 1 aromatic heterocycles. The Bertz CT molecular complexity index is 1020. The van der Waals surface area contributed by atoms with Crippen molar-refractivity contribution in [3.63, 3.8) is 0 Å². The van der Waals surface area contributed by atoms with Crippen LogP contribution < -0.4 is 15.4 Å². The van der Waals surface area contributed by atoms with Gasteiger partial charge in [-0.2, -0.15) is 5.10 Å². The maximum Gasteiger partial charge on any atom is 0.273 e. The number of nitrogens with one attached hydrogen (secondary N) is 3. The first-order valence-corrected chi connectivity index (χ1v) is 8.16. The van der Waals surface area contributed by atoms with Crippen molar-refractivity contribution in [1.82, 2.24) is 10.2 Å². The monoisotopic (exact) mass is 368 g/mol. The summed E-state index contributed by atoms with van der Waals surface area (Å²) in [5, 5.41) is 12.9. The van der Waals surface area contributed by atoms with E-state index in [2.05, 4.69) is 20.8 Å². The second-order valence-corrected chi connectivity index (χ2v) is 6.12. The number of ether oxygens (including phenoxy) is 1. The van der Waals surface area contributed by atoms with Crippen LogP contribution in [-0.4, -0.2) is 28.6 Å². The first-order chi connectivity index (χ1) is 12.6. The third kappa shape index (κ3) is 3.25. The van der Waals surface area contributed by atoms with Gasteiger partial charge in [0.05, 0.1) is 11.4 Å². The fourth-order valence-electron chi connectivity index (χ4n) is 2.59. The molecule has 0 saturated heterocycles. The van der Waals surface area contributed by atoms with Gasteiger partial charge >= 0.3 is 0 Å². The summed E-state index contributed by atoms with van der Waals surface area (Å²) in [7, 11) is 0. The van der Waals surface area contributed by atoms with E-state index in [0.29, 0.717) is 33.5 Å². The minimum absolute atomic E-state index is 0.0148. The number of halogens is 1. The van der Waals surface area contributed by atoms with Crippen LogP contribution in [0, 0.1) is 0 Å². The molecule has 2 aromatic carbocycles. The van der Waals surface area contributed by atoms with Crippen molar-refractivity contribution in [1.29, 1.82) is 0 Å². The molecule has 0 bridgehead atoms. The minimum atomic E-state index is -0.353. The van der Waals surface area contributed by atoms with Gasteiger partial charge in [0, 0.05) is 16.3 Å². The van der Waals surface area contributed by atoms with Crippen LogP contribution in [-0.2, 0) is 4.79 Å². The number of benzene rings is 2. The van der Waals surface area contributed by atoms with Gasteiger partial charge in [-0.25, -0.2) is 0 Å². The molecule has 0 aliphatic carbocycles. The standard InChI is InChI=1S/C18H13ClN4O3/c19-11-3-1-2-10(6-11)13-8-15(23-22-13)18(25)20-12-4-5-16-14(7-12)21-17(24)9-26-16/h1-8H,9H2,(H,20,25)(H,21,24)(H,22,23). The summed E-state index contributed by atoms with van der Waals surface area (Å²) in [4.78, 5) is 23.8. The van der Waals surface area contributed by atoms with Crippen LogP contribution in [0.25, 0.3) is 11.3 Å². The number of hydrogen-bond acceptors (Lipinski definition) is 4. The first-order valence-electron chi connectivity index (χ1n) is 7.78. The van der Waals surface area contributed by atoms with Gasteiger partial charge in [-0.1, -0.05) is 23.7 Å². The predicted octanol–water partition coefficient (Wildman–Crippen LogP) is 3.31. The molecule has 7 nitrogen and oxygen atoms in total. The Morgan fingerprint density at radius 3 is 2.92 bits per heavy atom. The molecular formula is C18H13ClN4O3. The van der Waals surface area contributed by atoms with E-state index in [4.69, 9.17) is 16.3 Å². The van der Waals surface area contributed by atoms with E-state index in [1.807, 2.05) is 12.1 Å². The van der Waals surface area contributed by atoms with Crippen molar-refractivity contribution in [3.05, 3.63) is 59.2 Å². The van der Waals surface area contributed by atoms with Crippen molar-refractivity contribution in [2.45, 2.75) is 0 Å². The molecule has 4 rings (SSSR count). The fourth-order valence-corrected chi connectivity index (χ4v) is 2.78. The van der Waals surface area contributed by atoms with Crippen LogP contribution in [0.4, 0.5) is 11.4 Å². The molecule has 0 saturated carbocycles. The Kier molecular flexibility index (Phi) is 4.06. The van der Waals surface area contributed by atoms with E-state index in [1.165, 1.54) is 0 Å². The number of amides is 2. The van der Waals surface area contributed by atoms with Gasteiger partial charge in [0.2, 0.25) is 0 Å². The number of rotatable bonds is 3. The van der Waals surface area contributed by atoms with Gasteiger partial charge in [0.15, 0.2) is 6.61 Å². The molecule has 2 amide bonds. The van der Waals surface area contributed by atoms with Gasteiger partial charge < -0.3 is 15.4 Å². The lowest BCUT2D eigenvalue weighted by atomic mass is 10.1. The fraction of sp³-hybridized carbons (Fsp3) is 0.0556. The molecule has 0 unspecified atom stereocenters. The topological polar surface area (TPSA) is 96.1 Å². The molecule has 2 heterocycles. The summed E-state index contributed by atoms with van der Waals surface area (Å²) in [6, 6.07) is 13.9. The summed E-state index contributed by atoms with van der Waals surface area (Å²) in [6.45, 7) is -0.0148. The smallest absolute Gasteiger partial charge is 0.273 e. The number of carbonyl (C=O) groups is 2. The van der Waals surface area contributed by atoms with Crippen LogP contribution in [0.1, 0.15) is 10.5 Å². The number of fused-ring (bicyclic) bond motifs is 1. The Hall–Kier alpha value is -3.32. The van der Waals surface area contributed by atoms with E-state index >= 15 is 0 Å². The van der Waals surface area contributed by atoms with Gasteiger partial charge in [-0.3, -0.25) is 14.7 Å². The van der Waals surface area contributed by atoms with Crippen molar-refractivity contribution < 1.29 is 14.3 Å². The van der Waals surface area contributed by atoms with Crippen LogP contribution >= 0.6 is 11.6 Å². The van der Waals surface area contributed by atoms with Crippen molar-refractivity contribution >= 4 is 34.8 Å². The molecule has 0 radical (unpaired) electrons. The lowest BCUT2D eigenvalue weighted by Gasteiger charge is -2.18. The molecule has 0 atom stereocenters. The lowest BCUT2D eigenvalue weighted by molar-refractivity contribution is -0.118. The molecule has 1 aliphatic heterocycles. The summed E-state index contributed by atoms with van der Waals surface area (Å²) >= 11 is 5.98. The molecule has 0 fully saturated rings. The van der Waals surface area contributed by atoms with Crippen molar-refractivity contribution in [2.75, 3.05) is 17.2 Å². The van der Waals surface area contributed by atoms with E-state index in [-0.39, 0.29) is 18.4 Å². The zero-order valence-electron chi connectivity index (χ0n) is 13.4. The van der Waals surface area contributed by atoms with Gasteiger partial charge in [0.25, 0.3) is 11.8 Å². The third-order valence-electron chi connectivity index (χ3n) is 3.81. The molecule has 3 N–H and O–H groups in total. The van der Waals surface area contributed by atoms with E-state index in [9.17, 15) is 9.59 Å². The molecule has 8 heteroatoms. The van der Waals surface area contributed by atoms with Crippen molar-refractivity contribution in [2.24, 2.45) is 0 Å². The SMILES string of the molecule is O=C1COc2ccc(NC(=O)c3cc(-c4cccc(Cl)c4)n[nH]3)cc2N1. The number of hydrogen-bond donors (Lipinski definition) is 3. The number of H-pyrrole nitrogens is 1. The normalized spacial score (nSPS) is 12.7. The second-order valence-electron chi connectivity index (χ2n) is 5.68. The minimum Gasteiger partial charge on any atom is -0.482 e. The van der Waals surface area contributed by atoms with Crippen molar-refractivity contribution in [3.8, 4) is 17.0 Å². The maximum absolute atomic E-state index is 12.4. The van der Waals surface area contributed by atoms with E-state index in [0.717, 1.165) is 5.56 Å². The molecule has 26 heavy (non-hydrogen) atoms. The third-order valence-corrected chi connectivity index (χ3v) is 4.05. The largest absolute Gasteiger partial charge is 0.482 e. The average molecular weight is 369 g/mol. The molecule has 130 valence electrons. The maximum atomic E-state index is 12.4. The number of aromatic nitrogens is 2. The highest BCUT2D eigenvalue weighted by molar-refractivity contribution is 6.30. The van der Waals surface area contributed by atoms with E-state index in [1.54, 1.807) is 36.4 Å². The van der Waals surface area contributed by atoms with Gasteiger partial charge in [-0.15, -0.1) is 0 Å². The van der Waals surface area contributed by atoms with Crippen LogP contribution in [0.3, 0.4) is 0 Å². The Morgan fingerprint density at radius 2 is 2.08 bits per heavy atom. The number of anilines is 2.